The van der Waals surface area contributed by atoms with Crippen molar-refractivity contribution >= 4 is 17.8 Å². The summed E-state index contributed by atoms with van der Waals surface area (Å²) in [4.78, 5) is 21.5. The van der Waals surface area contributed by atoms with Gasteiger partial charge in [-0.25, -0.2) is 9.68 Å². The lowest BCUT2D eigenvalue weighted by atomic mass is 10.4. The number of nitrogens with two attached hydrogens (primary N) is 2. The molecule has 0 bridgehead atoms. The van der Waals surface area contributed by atoms with E-state index in [9.17, 15) is 0 Å². The monoisotopic (exact) mass is 228 g/mol. The van der Waals surface area contributed by atoms with Gasteiger partial charge >= 0.3 is 0 Å². The zero-order valence-electron chi connectivity index (χ0n) is 9.38. The number of nitrogen functional groups attached to an aromatic ring is 2. The van der Waals surface area contributed by atoms with Gasteiger partial charge in [-0.1, -0.05) is 18.6 Å². The van der Waals surface area contributed by atoms with Crippen LogP contribution in [0.4, 0.5) is 17.8 Å². The Morgan fingerprint density at radius 1 is 1.19 bits per heavy atom. The van der Waals surface area contributed by atoms with Crippen LogP contribution in [0.15, 0.2) is 0 Å². The first-order valence-electron chi connectivity index (χ1n) is 4.91. The highest BCUT2D eigenvalue weighted by Crippen LogP contribution is 2.10. The van der Waals surface area contributed by atoms with Crippen molar-refractivity contribution in [3.63, 3.8) is 0 Å². The molecule has 0 aliphatic heterocycles. The van der Waals surface area contributed by atoms with Gasteiger partial charge in [-0.15, -0.1) is 0 Å². The lowest BCUT2D eigenvalue weighted by Crippen LogP contribution is -2.26. The minimum atomic E-state index is 0.0173. The van der Waals surface area contributed by atoms with E-state index in [-0.39, 0.29) is 17.8 Å². The number of aromatic nitrogens is 3. The standard InChI is InChI=1S/C8H16N6O2/c1-3-4-5-16-14(15-2)8-12-6(9)11-7(10)13-8/h3-5H2,1-2H3,(H4,9,10,11,12,13). The number of anilines is 3. The molecule has 0 spiro atoms. The van der Waals surface area contributed by atoms with Gasteiger partial charge in [-0.05, 0) is 6.42 Å². The average Bonchev–Trinajstić information content (AvgIpc) is 2.23. The SMILES string of the molecule is CCCCON(OC)c1nc(N)nc(N)n1. The molecule has 1 aromatic heterocycles. The maximum Gasteiger partial charge on any atom is 0.284 e. The Morgan fingerprint density at radius 2 is 1.81 bits per heavy atom. The number of unbranched alkanes of at least 4 members (excludes halogenated alkanes) is 1. The van der Waals surface area contributed by atoms with Crippen LogP contribution in [0, 0.1) is 0 Å². The zero-order chi connectivity index (χ0) is 12.0. The number of rotatable bonds is 6. The van der Waals surface area contributed by atoms with Crippen molar-refractivity contribution in [2.24, 2.45) is 0 Å². The van der Waals surface area contributed by atoms with Gasteiger partial charge in [0.2, 0.25) is 11.9 Å². The zero-order valence-corrected chi connectivity index (χ0v) is 9.38. The predicted octanol–water partition coefficient (Wildman–Crippen LogP) is 0.135. The summed E-state index contributed by atoms with van der Waals surface area (Å²) < 4.78 is 0. The minimum absolute atomic E-state index is 0.0173. The third-order valence-corrected chi connectivity index (χ3v) is 1.69. The molecule has 8 heteroatoms. The van der Waals surface area contributed by atoms with Gasteiger partial charge in [0.25, 0.3) is 5.95 Å². The van der Waals surface area contributed by atoms with E-state index in [0.29, 0.717) is 6.61 Å². The number of hydrogen-bond donors (Lipinski definition) is 2. The van der Waals surface area contributed by atoms with Gasteiger partial charge in [-0.2, -0.15) is 15.0 Å². The van der Waals surface area contributed by atoms with E-state index in [2.05, 4.69) is 21.9 Å². The van der Waals surface area contributed by atoms with Crippen LogP contribution in [0.1, 0.15) is 19.8 Å². The number of nitrogens with zero attached hydrogens (tertiary/aromatic N) is 4. The van der Waals surface area contributed by atoms with E-state index in [1.807, 2.05) is 0 Å². The maximum absolute atomic E-state index is 5.43. The molecule has 16 heavy (non-hydrogen) atoms. The Balaban J connectivity index is 2.70. The molecule has 0 aliphatic carbocycles. The van der Waals surface area contributed by atoms with Crippen LogP contribution in [-0.2, 0) is 9.68 Å². The van der Waals surface area contributed by atoms with Crippen LogP contribution < -0.4 is 16.7 Å². The largest absolute Gasteiger partial charge is 0.368 e. The van der Waals surface area contributed by atoms with E-state index in [1.54, 1.807) is 0 Å². The fourth-order valence-corrected chi connectivity index (χ4v) is 0.963. The smallest absolute Gasteiger partial charge is 0.284 e. The Morgan fingerprint density at radius 3 is 2.31 bits per heavy atom. The Bertz CT molecular complexity index is 314. The molecule has 0 unspecified atom stereocenters. The van der Waals surface area contributed by atoms with Crippen molar-refractivity contribution in [3.05, 3.63) is 0 Å². The molecule has 0 aromatic carbocycles. The van der Waals surface area contributed by atoms with Gasteiger partial charge in [0.05, 0.1) is 13.7 Å². The molecule has 0 radical (unpaired) electrons. The third-order valence-electron chi connectivity index (χ3n) is 1.69. The molecular formula is C8H16N6O2. The minimum Gasteiger partial charge on any atom is -0.368 e. The van der Waals surface area contributed by atoms with Gasteiger partial charge in [-0.3, -0.25) is 0 Å². The third kappa shape index (κ3) is 3.48. The Hall–Kier alpha value is -1.67. The first kappa shape index (κ1) is 12.4. The topological polar surface area (TPSA) is 112 Å². The van der Waals surface area contributed by atoms with Crippen molar-refractivity contribution in [1.29, 1.82) is 0 Å². The molecule has 0 aliphatic rings. The van der Waals surface area contributed by atoms with E-state index in [4.69, 9.17) is 21.1 Å². The average molecular weight is 228 g/mol. The molecule has 0 saturated heterocycles. The molecule has 8 nitrogen and oxygen atoms in total. The maximum atomic E-state index is 5.43. The lowest BCUT2D eigenvalue weighted by molar-refractivity contribution is -0.0724. The molecular weight excluding hydrogens is 212 g/mol. The second-order valence-corrected chi connectivity index (χ2v) is 2.98. The Kier molecular flexibility index (Phi) is 4.67. The number of hydrogen-bond acceptors (Lipinski definition) is 8. The lowest BCUT2D eigenvalue weighted by Gasteiger charge is -2.18. The van der Waals surface area contributed by atoms with Crippen LogP contribution in [0.3, 0.4) is 0 Å². The van der Waals surface area contributed by atoms with Crippen molar-refractivity contribution in [1.82, 2.24) is 15.0 Å². The first-order valence-corrected chi connectivity index (χ1v) is 4.91. The first-order chi connectivity index (χ1) is 7.67. The summed E-state index contributed by atoms with van der Waals surface area (Å²) in [6.07, 6.45) is 1.91. The van der Waals surface area contributed by atoms with E-state index in [1.165, 1.54) is 7.11 Å². The van der Waals surface area contributed by atoms with Crippen LogP contribution in [0.25, 0.3) is 0 Å². The predicted molar refractivity (Wildman–Crippen MR) is 59.0 cm³/mol. The molecule has 1 rings (SSSR count). The fraction of sp³-hybridized carbons (Fsp3) is 0.625. The summed E-state index contributed by atoms with van der Waals surface area (Å²) in [6, 6.07) is 0. The molecule has 4 N–H and O–H groups in total. The summed E-state index contributed by atoms with van der Waals surface area (Å²) in [6.45, 7) is 2.55. The summed E-state index contributed by atoms with van der Waals surface area (Å²) in [5.74, 6) is 0.163. The highest BCUT2D eigenvalue weighted by atomic mass is 16.9. The highest BCUT2D eigenvalue weighted by Gasteiger charge is 2.12. The summed E-state index contributed by atoms with van der Waals surface area (Å²) in [7, 11) is 1.43. The second-order valence-electron chi connectivity index (χ2n) is 2.98. The van der Waals surface area contributed by atoms with Gasteiger partial charge in [0.1, 0.15) is 0 Å². The van der Waals surface area contributed by atoms with Crippen molar-refractivity contribution < 1.29 is 9.68 Å². The van der Waals surface area contributed by atoms with Gasteiger partial charge in [0, 0.05) is 0 Å². The molecule has 0 amide bonds. The van der Waals surface area contributed by atoms with Crippen molar-refractivity contribution in [2.75, 3.05) is 30.4 Å². The van der Waals surface area contributed by atoms with Crippen LogP contribution >= 0.6 is 0 Å². The molecule has 0 atom stereocenters. The van der Waals surface area contributed by atoms with Crippen LogP contribution in [0.5, 0.6) is 0 Å². The van der Waals surface area contributed by atoms with Crippen molar-refractivity contribution in [3.8, 4) is 0 Å². The van der Waals surface area contributed by atoms with Gasteiger partial charge < -0.3 is 11.5 Å². The summed E-state index contributed by atoms with van der Waals surface area (Å²) in [5.41, 5.74) is 10.9. The van der Waals surface area contributed by atoms with E-state index in [0.717, 1.165) is 18.1 Å². The second kappa shape index (κ2) is 6.03. The molecule has 1 aromatic rings. The molecule has 0 fully saturated rings. The molecule has 0 saturated carbocycles. The van der Waals surface area contributed by atoms with Crippen LogP contribution in [-0.4, -0.2) is 28.7 Å². The summed E-state index contributed by atoms with van der Waals surface area (Å²) >= 11 is 0. The Labute approximate surface area is 93.5 Å². The fourth-order valence-electron chi connectivity index (χ4n) is 0.963. The molecule has 1 heterocycles. The molecule has 90 valence electrons. The van der Waals surface area contributed by atoms with Gasteiger partial charge in [0.15, 0.2) is 0 Å². The highest BCUT2D eigenvalue weighted by molar-refractivity contribution is 5.35. The van der Waals surface area contributed by atoms with E-state index < -0.39 is 0 Å². The quantitative estimate of drug-likeness (QED) is 0.522. The normalized spacial score (nSPS) is 10.4. The van der Waals surface area contributed by atoms with E-state index >= 15 is 0 Å². The summed E-state index contributed by atoms with van der Waals surface area (Å²) in [5, 5.41) is 1.06. The van der Waals surface area contributed by atoms with Crippen LogP contribution in [0.2, 0.25) is 0 Å². The van der Waals surface area contributed by atoms with Crippen molar-refractivity contribution in [2.45, 2.75) is 19.8 Å².